The molecule has 1 aliphatic rings. The van der Waals surface area contributed by atoms with Crippen molar-refractivity contribution in [1.29, 1.82) is 0 Å². The highest BCUT2D eigenvalue weighted by Crippen LogP contribution is 2.38. The van der Waals surface area contributed by atoms with Gasteiger partial charge in [0.1, 0.15) is 10.8 Å². The first kappa shape index (κ1) is 22.5. The molecule has 0 saturated carbocycles. The maximum Gasteiger partial charge on any atom is 0.573 e. The van der Waals surface area contributed by atoms with Crippen molar-refractivity contribution in [2.45, 2.75) is 28.8 Å². The van der Waals surface area contributed by atoms with Crippen LogP contribution in [0.2, 0.25) is 0 Å². The van der Waals surface area contributed by atoms with E-state index in [9.17, 15) is 26.4 Å². The van der Waals surface area contributed by atoms with Gasteiger partial charge in [-0.2, -0.15) is 0 Å². The van der Waals surface area contributed by atoms with Gasteiger partial charge < -0.3 is 15.2 Å². The summed E-state index contributed by atoms with van der Waals surface area (Å²) in [6.45, 7) is 0.229. The Labute approximate surface area is 184 Å². The number of fused-ring (bicyclic) bond motifs is 1. The minimum atomic E-state index is -4.79. The summed E-state index contributed by atoms with van der Waals surface area (Å²) in [5.41, 5.74) is 6.56. The second-order valence-corrected chi connectivity index (χ2v) is 10.5. The highest BCUT2D eigenvalue weighted by atomic mass is 32.2. The van der Waals surface area contributed by atoms with E-state index in [2.05, 4.69) is 9.72 Å². The molecule has 0 unspecified atom stereocenters. The molecular weight excluding hydrogens is 469 g/mol. The van der Waals surface area contributed by atoms with Gasteiger partial charge in [-0.05, 0) is 55.3 Å². The normalized spacial score (nSPS) is 16.7. The molecule has 1 amide bonds. The molecule has 170 valence electrons. The maximum atomic E-state index is 13.3. The van der Waals surface area contributed by atoms with Gasteiger partial charge in [-0.25, -0.2) is 13.4 Å². The molecule has 0 radical (unpaired) electrons. The zero-order valence-electron chi connectivity index (χ0n) is 16.4. The van der Waals surface area contributed by atoms with E-state index < -0.39 is 26.9 Å². The molecule has 0 bridgehead atoms. The standard InChI is InChI=1S/C20H17F3N2O5S2/c21-20(22,23)30-13-3-1-12(2-4-13)17-25-15-6-5-14(11-16(15)31-17)32(27,28)19(18(24)26)7-9-29-10-8-19/h1-6,11H,7-10H2,(H2,24,26). The number of amides is 1. The van der Waals surface area contributed by atoms with Gasteiger partial charge >= 0.3 is 6.36 Å². The molecule has 12 heteroatoms. The predicted molar refractivity (Wildman–Crippen MR) is 111 cm³/mol. The fourth-order valence-corrected chi connectivity index (χ4v) is 6.59. The van der Waals surface area contributed by atoms with Crippen molar-refractivity contribution < 1.29 is 35.9 Å². The number of alkyl halides is 3. The number of ether oxygens (including phenoxy) is 2. The first-order valence-electron chi connectivity index (χ1n) is 9.41. The van der Waals surface area contributed by atoms with Gasteiger partial charge in [-0.3, -0.25) is 4.79 Å². The number of aromatic nitrogens is 1. The molecule has 2 N–H and O–H groups in total. The Bertz CT molecular complexity index is 1260. The molecular formula is C20H17F3N2O5S2. The minimum absolute atomic E-state index is 0.0248. The van der Waals surface area contributed by atoms with Crippen LogP contribution in [-0.4, -0.2) is 43.6 Å². The summed E-state index contributed by atoms with van der Waals surface area (Å²) in [6, 6.07) is 9.55. The molecule has 0 aliphatic carbocycles. The van der Waals surface area contributed by atoms with E-state index in [1.54, 1.807) is 0 Å². The van der Waals surface area contributed by atoms with E-state index in [-0.39, 0.29) is 36.7 Å². The summed E-state index contributed by atoms with van der Waals surface area (Å²) < 4.78 is 71.6. The number of nitrogens with two attached hydrogens (primary N) is 1. The lowest BCUT2D eigenvalue weighted by atomic mass is 9.98. The number of hydrogen-bond donors (Lipinski definition) is 1. The number of carbonyl (C=O) groups is 1. The van der Waals surface area contributed by atoms with Gasteiger partial charge in [0.15, 0.2) is 14.6 Å². The molecule has 1 aromatic heterocycles. The van der Waals surface area contributed by atoms with E-state index in [0.717, 1.165) is 0 Å². The number of hydrogen-bond acceptors (Lipinski definition) is 7. The third-order valence-corrected chi connectivity index (χ3v) is 8.85. The molecule has 1 fully saturated rings. The average molecular weight is 486 g/mol. The Morgan fingerprint density at radius 1 is 1.12 bits per heavy atom. The van der Waals surface area contributed by atoms with Gasteiger partial charge in [0.2, 0.25) is 5.91 Å². The van der Waals surface area contributed by atoms with Crippen LogP contribution in [0.15, 0.2) is 47.4 Å². The first-order chi connectivity index (χ1) is 15.0. The van der Waals surface area contributed by atoms with Crippen molar-refractivity contribution >= 4 is 37.3 Å². The van der Waals surface area contributed by atoms with E-state index in [1.165, 1.54) is 53.8 Å². The maximum absolute atomic E-state index is 13.3. The van der Waals surface area contributed by atoms with Crippen molar-refractivity contribution in [3.63, 3.8) is 0 Å². The minimum Gasteiger partial charge on any atom is -0.406 e. The molecule has 2 aromatic carbocycles. The molecule has 3 aromatic rings. The summed E-state index contributed by atoms with van der Waals surface area (Å²) in [4.78, 5) is 16.5. The Morgan fingerprint density at radius 3 is 2.38 bits per heavy atom. The second kappa shape index (κ2) is 8.01. The van der Waals surface area contributed by atoms with E-state index in [0.29, 0.717) is 20.8 Å². The van der Waals surface area contributed by atoms with Gasteiger partial charge in [0, 0.05) is 18.8 Å². The topological polar surface area (TPSA) is 109 Å². The third-order valence-electron chi connectivity index (χ3n) is 5.27. The number of primary amides is 1. The van der Waals surface area contributed by atoms with Crippen molar-refractivity contribution in [2.75, 3.05) is 13.2 Å². The second-order valence-electron chi connectivity index (χ2n) is 7.20. The zero-order valence-corrected chi connectivity index (χ0v) is 18.0. The lowest BCUT2D eigenvalue weighted by Crippen LogP contribution is -2.53. The smallest absolute Gasteiger partial charge is 0.406 e. The van der Waals surface area contributed by atoms with Gasteiger partial charge in [0.25, 0.3) is 0 Å². The van der Waals surface area contributed by atoms with Crippen LogP contribution in [0.3, 0.4) is 0 Å². The van der Waals surface area contributed by atoms with Gasteiger partial charge in [0.05, 0.1) is 15.1 Å². The molecule has 0 atom stereocenters. The highest BCUT2D eigenvalue weighted by molar-refractivity contribution is 7.93. The van der Waals surface area contributed by atoms with Crippen molar-refractivity contribution in [1.82, 2.24) is 4.98 Å². The summed E-state index contributed by atoms with van der Waals surface area (Å²) in [7, 11) is -4.09. The number of carbonyl (C=O) groups excluding carboxylic acids is 1. The molecule has 1 saturated heterocycles. The Kier molecular flexibility index (Phi) is 5.63. The van der Waals surface area contributed by atoms with Crippen LogP contribution in [0.4, 0.5) is 13.2 Å². The van der Waals surface area contributed by atoms with Crippen LogP contribution in [0.25, 0.3) is 20.8 Å². The van der Waals surface area contributed by atoms with E-state index in [1.807, 2.05) is 0 Å². The van der Waals surface area contributed by atoms with Crippen LogP contribution in [0.1, 0.15) is 12.8 Å². The third kappa shape index (κ3) is 4.05. The monoisotopic (exact) mass is 486 g/mol. The highest BCUT2D eigenvalue weighted by Gasteiger charge is 2.51. The fourth-order valence-electron chi connectivity index (χ4n) is 3.57. The summed E-state index contributed by atoms with van der Waals surface area (Å²) in [5.74, 6) is -1.27. The summed E-state index contributed by atoms with van der Waals surface area (Å²) >= 11 is 1.17. The molecule has 4 rings (SSSR count). The lowest BCUT2D eigenvalue weighted by molar-refractivity contribution is -0.274. The molecule has 1 aliphatic heterocycles. The number of benzene rings is 2. The predicted octanol–water partition coefficient (Wildman–Crippen LogP) is 3.67. The summed E-state index contributed by atoms with van der Waals surface area (Å²) in [5, 5.41) is 0.490. The molecule has 0 spiro atoms. The van der Waals surface area contributed by atoms with E-state index in [4.69, 9.17) is 10.5 Å². The van der Waals surface area contributed by atoms with Crippen LogP contribution >= 0.6 is 11.3 Å². The van der Waals surface area contributed by atoms with Crippen LogP contribution in [0, 0.1) is 0 Å². The SMILES string of the molecule is NC(=O)C1(S(=O)(=O)c2ccc3nc(-c4ccc(OC(F)(F)F)cc4)sc3c2)CCOCC1. The average Bonchev–Trinajstić information content (AvgIpc) is 3.17. The summed E-state index contributed by atoms with van der Waals surface area (Å²) in [6.07, 6.45) is -4.84. The first-order valence-corrected chi connectivity index (χ1v) is 11.7. The Balaban J connectivity index is 1.68. The lowest BCUT2D eigenvalue weighted by Gasteiger charge is -2.33. The number of nitrogens with zero attached hydrogens (tertiary/aromatic N) is 1. The molecule has 2 heterocycles. The quantitative estimate of drug-likeness (QED) is 0.590. The number of halogens is 3. The van der Waals surface area contributed by atoms with E-state index >= 15 is 0 Å². The van der Waals surface area contributed by atoms with Crippen LogP contribution < -0.4 is 10.5 Å². The zero-order chi connectivity index (χ0) is 23.1. The van der Waals surface area contributed by atoms with Crippen molar-refractivity contribution in [3.8, 4) is 16.3 Å². The van der Waals surface area contributed by atoms with Crippen molar-refractivity contribution in [2.24, 2.45) is 5.73 Å². The molecule has 32 heavy (non-hydrogen) atoms. The fraction of sp³-hybridized carbons (Fsp3) is 0.300. The number of sulfone groups is 1. The Hall–Kier alpha value is -2.70. The van der Waals surface area contributed by atoms with Gasteiger partial charge in [-0.15, -0.1) is 24.5 Å². The van der Waals surface area contributed by atoms with Gasteiger partial charge in [-0.1, -0.05) is 0 Å². The number of rotatable bonds is 5. The van der Waals surface area contributed by atoms with Crippen LogP contribution in [0.5, 0.6) is 5.75 Å². The Morgan fingerprint density at radius 2 is 1.78 bits per heavy atom. The molecule has 7 nitrogen and oxygen atoms in total. The largest absolute Gasteiger partial charge is 0.573 e. The number of thiazole rings is 1. The van der Waals surface area contributed by atoms with Crippen LogP contribution in [-0.2, 0) is 19.4 Å². The van der Waals surface area contributed by atoms with Crippen molar-refractivity contribution in [3.05, 3.63) is 42.5 Å².